The molecule has 0 saturated carbocycles. The summed E-state index contributed by atoms with van der Waals surface area (Å²) in [6.07, 6.45) is 0. The second-order valence-corrected chi connectivity index (χ2v) is 5.29. The number of rotatable bonds is 6. The molecular weight excluding hydrogens is 250 g/mol. The molecule has 0 aromatic heterocycles. The van der Waals surface area contributed by atoms with Crippen LogP contribution < -0.4 is 10.6 Å². The van der Waals surface area contributed by atoms with Gasteiger partial charge in [-0.2, -0.15) is 0 Å². The number of aliphatic hydroxyl groups excluding tert-OH is 1. The number of aryl methyl sites for hydroxylation is 2. The minimum Gasteiger partial charge on any atom is -0.396 e. The predicted octanol–water partition coefficient (Wildman–Crippen LogP) is 1.99. The monoisotopic (exact) mass is 277 g/mol. The number of benzene rings is 1. The third kappa shape index (κ3) is 5.61. The van der Waals surface area contributed by atoms with Gasteiger partial charge in [-0.3, -0.25) is 0 Å². The van der Waals surface area contributed by atoms with Gasteiger partial charge in [0.1, 0.15) is 0 Å². The van der Waals surface area contributed by atoms with Crippen molar-refractivity contribution in [3.63, 3.8) is 0 Å². The maximum atomic E-state index is 9.05. The van der Waals surface area contributed by atoms with Crippen molar-refractivity contribution in [1.82, 2.24) is 10.6 Å². The van der Waals surface area contributed by atoms with Crippen LogP contribution in [0.5, 0.6) is 0 Å². The summed E-state index contributed by atoms with van der Waals surface area (Å²) in [5.41, 5.74) is 3.79. The quantitative estimate of drug-likeness (QED) is 0.550. The zero-order valence-electron chi connectivity index (χ0n) is 13.0. The number of hydrogen-bond donors (Lipinski definition) is 3. The van der Waals surface area contributed by atoms with E-state index in [4.69, 9.17) is 5.11 Å². The molecule has 4 heteroatoms. The Balaban J connectivity index is 2.66. The van der Waals surface area contributed by atoms with Crippen molar-refractivity contribution < 1.29 is 5.11 Å². The highest BCUT2D eigenvalue weighted by Crippen LogP contribution is 2.11. The maximum Gasteiger partial charge on any atom is 0.191 e. The fourth-order valence-electron chi connectivity index (χ4n) is 1.86. The highest BCUT2D eigenvalue weighted by atomic mass is 16.3. The summed E-state index contributed by atoms with van der Waals surface area (Å²) in [7, 11) is 0. The number of hydrogen-bond acceptors (Lipinski definition) is 2. The molecule has 1 aromatic rings. The first kappa shape index (κ1) is 16.5. The Morgan fingerprint density at radius 1 is 1.30 bits per heavy atom. The van der Waals surface area contributed by atoms with E-state index in [1.54, 1.807) is 0 Å². The van der Waals surface area contributed by atoms with Crippen molar-refractivity contribution in [2.45, 2.75) is 34.2 Å². The van der Waals surface area contributed by atoms with Crippen LogP contribution in [0.25, 0.3) is 0 Å². The molecule has 1 aromatic carbocycles. The van der Waals surface area contributed by atoms with Crippen LogP contribution in [0.2, 0.25) is 0 Å². The highest BCUT2D eigenvalue weighted by Gasteiger charge is 2.03. The van der Waals surface area contributed by atoms with Gasteiger partial charge in [0.15, 0.2) is 5.96 Å². The molecule has 0 aliphatic heterocycles. The van der Waals surface area contributed by atoms with Crippen LogP contribution in [0, 0.1) is 19.8 Å². The van der Waals surface area contributed by atoms with E-state index in [1.807, 2.05) is 13.8 Å². The van der Waals surface area contributed by atoms with Gasteiger partial charge in [-0.25, -0.2) is 4.99 Å². The minimum absolute atomic E-state index is 0.184. The molecule has 4 nitrogen and oxygen atoms in total. The molecule has 0 heterocycles. The topological polar surface area (TPSA) is 56.7 Å². The molecule has 1 rings (SSSR count). The number of aliphatic hydroxyl groups is 1. The second-order valence-electron chi connectivity index (χ2n) is 5.29. The summed E-state index contributed by atoms with van der Waals surface area (Å²) in [5.74, 6) is 1.02. The number of nitrogens with one attached hydrogen (secondary N) is 2. The standard InChI is InChI=1S/C16H27N3O/c1-5-17-16(18-9-13(3)11-20)19-10-15-7-6-12(2)8-14(15)4/h6-8,13,20H,5,9-11H2,1-4H3,(H2,17,18,19). The molecule has 0 saturated heterocycles. The smallest absolute Gasteiger partial charge is 0.191 e. The van der Waals surface area contributed by atoms with E-state index in [2.05, 4.69) is 47.7 Å². The van der Waals surface area contributed by atoms with Crippen molar-refractivity contribution in [2.24, 2.45) is 10.9 Å². The number of nitrogens with zero attached hydrogens (tertiary/aromatic N) is 1. The van der Waals surface area contributed by atoms with Crippen molar-refractivity contribution in [1.29, 1.82) is 0 Å². The van der Waals surface area contributed by atoms with Crippen molar-refractivity contribution in [3.05, 3.63) is 34.9 Å². The largest absolute Gasteiger partial charge is 0.396 e. The van der Waals surface area contributed by atoms with Crippen molar-refractivity contribution in [2.75, 3.05) is 19.7 Å². The average molecular weight is 277 g/mol. The van der Waals surface area contributed by atoms with Gasteiger partial charge in [0.05, 0.1) is 6.54 Å². The zero-order chi connectivity index (χ0) is 15.0. The molecule has 0 amide bonds. The van der Waals surface area contributed by atoms with Gasteiger partial charge in [-0.15, -0.1) is 0 Å². The molecule has 1 unspecified atom stereocenters. The van der Waals surface area contributed by atoms with Gasteiger partial charge >= 0.3 is 0 Å². The van der Waals surface area contributed by atoms with Crippen LogP contribution in [0.1, 0.15) is 30.5 Å². The first-order chi connectivity index (χ1) is 9.56. The zero-order valence-corrected chi connectivity index (χ0v) is 13.0. The average Bonchev–Trinajstić information content (AvgIpc) is 2.43. The molecule has 0 bridgehead atoms. The van der Waals surface area contributed by atoms with Crippen LogP contribution in [0.4, 0.5) is 0 Å². The molecular formula is C16H27N3O. The van der Waals surface area contributed by atoms with Gasteiger partial charge in [0.25, 0.3) is 0 Å². The fraction of sp³-hybridized carbons (Fsp3) is 0.562. The Morgan fingerprint density at radius 2 is 2.05 bits per heavy atom. The molecule has 0 aliphatic carbocycles. The summed E-state index contributed by atoms with van der Waals surface area (Å²) >= 11 is 0. The molecule has 0 fully saturated rings. The van der Waals surface area contributed by atoms with E-state index in [9.17, 15) is 0 Å². The van der Waals surface area contributed by atoms with Gasteiger partial charge in [0, 0.05) is 19.7 Å². The molecule has 0 radical (unpaired) electrons. The lowest BCUT2D eigenvalue weighted by Crippen LogP contribution is -2.39. The second kappa shape index (κ2) is 8.59. The third-order valence-electron chi connectivity index (χ3n) is 3.18. The molecule has 20 heavy (non-hydrogen) atoms. The summed E-state index contributed by atoms with van der Waals surface area (Å²) in [6, 6.07) is 6.43. The summed E-state index contributed by atoms with van der Waals surface area (Å²) < 4.78 is 0. The van der Waals surface area contributed by atoms with Crippen LogP contribution >= 0.6 is 0 Å². The number of guanidine groups is 1. The van der Waals surface area contributed by atoms with Gasteiger partial charge < -0.3 is 15.7 Å². The van der Waals surface area contributed by atoms with E-state index in [1.165, 1.54) is 16.7 Å². The van der Waals surface area contributed by atoms with E-state index in [0.717, 1.165) is 19.0 Å². The highest BCUT2D eigenvalue weighted by molar-refractivity contribution is 5.79. The molecule has 0 aliphatic rings. The van der Waals surface area contributed by atoms with Crippen LogP contribution in [-0.2, 0) is 6.54 Å². The lowest BCUT2D eigenvalue weighted by Gasteiger charge is -2.14. The summed E-state index contributed by atoms with van der Waals surface area (Å²) in [5, 5.41) is 15.5. The van der Waals surface area contributed by atoms with E-state index in [-0.39, 0.29) is 12.5 Å². The van der Waals surface area contributed by atoms with Crippen LogP contribution in [0.15, 0.2) is 23.2 Å². The van der Waals surface area contributed by atoms with Crippen molar-refractivity contribution >= 4 is 5.96 Å². The summed E-state index contributed by atoms with van der Waals surface area (Å²) in [4.78, 5) is 4.59. The Hall–Kier alpha value is -1.55. The van der Waals surface area contributed by atoms with Gasteiger partial charge in [-0.05, 0) is 37.8 Å². The maximum absolute atomic E-state index is 9.05. The van der Waals surface area contributed by atoms with E-state index in [0.29, 0.717) is 6.54 Å². The minimum atomic E-state index is 0.184. The normalized spacial score (nSPS) is 13.2. The lowest BCUT2D eigenvalue weighted by atomic mass is 10.1. The first-order valence-corrected chi connectivity index (χ1v) is 7.26. The van der Waals surface area contributed by atoms with Gasteiger partial charge in [0.2, 0.25) is 0 Å². The Bertz CT molecular complexity index is 443. The molecule has 0 spiro atoms. The van der Waals surface area contributed by atoms with Crippen LogP contribution in [-0.4, -0.2) is 30.8 Å². The van der Waals surface area contributed by atoms with E-state index < -0.39 is 0 Å². The molecule has 3 N–H and O–H groups in total. The Kier molecular flexibility index (Phi) is 7.09. The molecule has 112 valence electrons. The molecule has 1 atom stereocenters. The summed E-state index contributed by atoms with van der Waals surface area (Å²) in [6.45, 7) is 10.7. The van der Waals surface area contributed by atoms with E-state index >= 15 is 0 Å². The predicted molar refractivity (Wildman–Crippen MR) is 85.0 cm³/mol. The Morgan fingerprint density at radius 3 is 2.65 bits per heavy atom. The number of aliphatic imine (C=N–C) groups is 1. The third-order valence-corrected chi connectivity index (χ3v) is 3.18. The van der Waals surface area contributed by atoms with Gasteiger partial charge in [-0.1, -0.05) is 30.7 Å². The lowest BCUT2D eigenvalue weighted by molar-refractivity contribution is 0.238. The van der Waals surface area contributed by atoms with Crippen LogP contribution in [0.3, 0.4) is 0 Å². The van der Waals surface area contributed by atoms with Crippen molar-refractivity contribution in [3.8, 4) is 0 Å². The first-order valence-electron chi connectivity index (χ1n) is 7.26. The Labute approximate surface area is 122 Å². The fourth-order valence-corrected chi connectivity index (χ4v) is 1.86. The SMILES string of the molecule is CCNC(=NCc1ccc(C)cc1C)NCC(C)CO.